The lowest BCUT2D eigenvalue weighted by Crippen LogP contribution is -2.62. The second kappa shape index (κ2) is 17.5. The second-order valence-electron chi connectivity index (χ2n) is 16.4. The van der Waals surface area contributed by atoms with E-state index in [1.54, 1.807) is 4.90 Å². The maximum atomic E-state index is 14.7. The first-order chi connectivity index (χ1) is 24.8. The molecule has 4 amide bonds. The van der Waals surface area contributed by atoms with E-state index in [-0.39, 0.29) is 53.8 Å². The Hall–Kier alpha value is -3.65. The number of nitrogens with zero attached hydrogens (tertiary/aromatic N) is 3. The van der Waals surface area contributed by atoms with Crippen molar-refractivity contribution >= 4 is 29.6 Å². The summed E-state index contributed by atoms with van der Waals surface area (Å²) in [6, 6.07) is -2.99. The third-order valence-electron chi connectivity index (χ3n) is 11.3. The van der Waals surface area contributed by atoms with Crippen LogP contribution >= 0.6 is 0 Å². The number of amides is 4. The molecule has 288 valence electrons. The molecular formula is C38H59N7O7. The van der Waals surface area contributed by atoms with Crippen molar-refractivity contribution in [2.45, 2.75) is 148 Å². The van der Waals surface area contributed by atoms with Gasteiger partial charge in [-0.2, -0.15) is 0 Å². The molecule has 4 fully saturated rings. The fraction of sp³-hybridized carbons (Fsp3) is 0.763. The van der Waals surface area contributed by atoms with E-state index in [1.807, 2.05) is 27.7 Å². The maximum Gasteiger partial charge on any atom is 0.358 e. The predicted octanol–water partition coefficient (Wildman–Crippen LogP) is 2.38. The molecule has 3 saturated carbocycles. The van der Waals surface area contributed by atoms with E-state index in [0.29, 0.717) is 25.1 Å². The van der Waals surface area contributed by atoms with Crippen molar-refractivity contribution in [3.8, 4) is 0 Å². The largest absolute Gasteiger partial charge is 0.464 e. The minimum Gasteiger partial charge on any atom is -0.464 e. The lowest BCUT2D eigenvalue weighted by Gasteiger charge is -2.38. The predicted molar refractivity (Wildman–Crippen MR) is 192 cm³/mol. The molecule has 14 nitrogen and oxygen atoms in total. The fourth-order valence-electron chi connectivity index (χ4n) is 8.31. The molecule has 0 aromatic carbocycles. The van der Waals surface area contributed by atoms with Gasteiger partial charge in [0.25, 0.3) is 5.91 Å². The number of likely N-dealkylation sites (tertiary alicyclic amines) is 1. The lowest BCUT2D eigenvalue weighted by molar-refractivity contribution is -0.146. The van der Waals surface area contributed by atoms with E-state index in [1.165, 1.54) is 19.5 Å². The van der Waals surface area contributed by atoms with Crippen LogP contribution in [0.2, 0.25) is 0 Å². The number of fused-ring (bicyclic) bond motifs is 1. The minimum absolute atomic E-state index is 0.0386. The number of methoxy groups -OCH3 is 1. The standard InChI is InChI=1S/C38H59N7O7/c1-6-11-27(31(46)35(49)42-24-16-17-24)43-34(48)30-26-15-10-14-23(26)21-45(30)36(50)32(38(2,3)4)44-33(47)29(22-12-8-7-9-13-22)41-19-25-18-40-28(20-39-25)37(51)52-5/h18,20,22-24,26-27,29-32,41,46H,6-17,19,21H2,1-5H3,(H,42,49)(H,43,48)(H,44,47)/t23-,26?,27-,29-,30-,31?,32+/m0/s1. The Morgan fingerprint density at radius 1 is 0.942 bits per heavy atom. The summed E-state index contributed by atoms with van der Waals surface area (Å²) < 4.78 is 4.72. The highest BCUT2D eigenvalue weighted by Gasteiger charge is 2.52. The van der Waals surface area contributed by atoms with Crippen LogP contribution in [0.4, 0.5) is 0 Å². The molecule has 7 atom stereocenters. The second-order valence-corrected chi connectivity index (χ2v) is 16.4. The van der Waals surface area contributed by atoms with Crippen molar-refractivity contribution in [3.05, 3.63) is 23.8 Å². The number of hydrogen-bond acceptors (Lipinski definition) is 10. The molecule has 14 heteroatoms. The molecule has 0 radical (unpaired) electrons. The average Bonchev–Trinajstić information content (AvgIpc) is 3.69. The number of hydrogen-bond donors (Lipinski definition) is 5. The number of aromatic nitrogens is 2. The summed E-state index contributed by atoms with van der Waals surface area (Å²) >= 11 is 0. The number of esters is 1. The van der Waals surface area contributed by atoms with Gasteiger partial charge in [0.1, 0.15) is 12.1 Å². The minimum atomic E-state index is -1.39. The zero-order chi connectivity index (χ0) is 37.6. The van der Waals surface area contributed by atoms with Crippen LogP contribution in [0.5, 0.6) is 0 Å². The summed E-state index contributed by atoms with van der Waals surface area (Å²) in [5, 5.41) is 23.3. The van der Waals surface area contributed by atoms with E-state index < -0.39 is 47.6 Å². The Morgan fingerprint density at radius 2 is 1.67 bits per heavy atom. The van der Waals surface area contributed by atoms with Gasteiger partial charge in [-0.15, -0.1) is 0 Å². The first kappa shape index (κ1) is 39.6. The topological polar surface area (TPSA) is 192 Å². The maximum absolute atomic E-state index is 14.7. The van der Waals surface area contributed by atoms with Crippen LogP contribution in [0, 0.1) is 23.2 Å². The van der Waals surface area contributed by atoms with Gasteiger partial charge in [0, 0.05) is 19.1 Å². The van der Waals surface area contributed by atoms with Gasteiger partial charge in [0.05, 0.1) is 37.3 Å². The molecule has 2 unspecified atom stereocenters. The molecule has 5 rings (SSSR count). The van der Waals surface area contributed by atoms with Gasteiger partial charge in [-0.05, 0) is 68.1 Å². The Morgan fingerprint density at radius 3 is 2.29 bits per heavy atom. The highest BCUT2D eigenvalue weighted by atomic mass is 16.5. The van der Waals surface area contributed by atoms with E-state index in [0.717, 1.165) is 64.2 Å². The van der Waals surface area contributed by atoms with E-state index in [4.69, 9.17) is 4.74 Å². The van der Waals surface area contributed by atoms with Gasteiger partial charge in [-0.3, -0.25) is 29.5 Å². The van der Waals surface area contributed by atoms with E-state index >= 15 is 0 Å². The van der Waals surface area contributed by atoms with Gasteiger partial charge in [-0.1, -0.05) is 59.8 Å². The third-order valence-corrected chi connectivity index (χ3v) is 11.3. The molecule has 2 heterocycles. The quantitative estimate of drug-likeness (QED) is 0.168. The normalized spacial score (nSPS) is 24.3. The Bertz CT molecular complexity index is 1420. The molecule has 1 saturated heterocycles. The molecule has 0 bridgehead atoms. The molecule has 0 spiro atoms. The van der Waals surface area contributed by atoms with Gasteiger partial charge < -0.3 is 30.7 Å². The first-order valence-electron chi connectivity index (χ1n) is 19.3. The highest BCUT2D eigenvalue weighted by molar-refractivity contribution is 5.95. The molecule has 5 N–H and O–H groups in total. The molecule has 1 aromatic heterocycles. The van der Waals surface area contributed by atoms with Gasteiger partial charge in [0.15, 0.2) is 11.8 Å². The third kappa shape index (κ3) is 9.66. The summed E-state index contributed by atoms with van der Waals surface area (Å²) in [5.41, 5.74) is -0.0354. The fourth-order valence-corrected chi connectivity index (χ4v) is 8.31. The summed E-state index contributed by atoms with van der Waals surface area (Å²) in [7, 11) is 1.28. The van der Waals surface area contributed by atoms with Gasteiger partial charge >= 0.3 is 5.97 Å². The van der Waals surface area contributed by atoms with Gasteiger partial charge in [-0.25, -0.2) is 9.78 Å². The van der Waals surface area contributed by atoms with E-state index in [9.17, 15) is 29.1 Å². The summed E-state index contributed by atoms with van der Waals surface area (Å²) in [6.45, 7) is 8.32. The van der Waals surface area contributed by atoms with Crippen molar-refractivity contribution in [2.24, 2.45) is 23.2 Å². The number of rotatable bonds is 15. The number of nitrogens with one attached hydrogen (secondary N) is 4. The van der Waals surface area contributed by atoms with Crippen molar-refractivity contribution in [3.63, 3.8) is 0 Å². The zero-order valence-electron chi connectivity index (χ0n) is 31.5. The molecular weight excluding hydrogens is 666 g/mol. The lowest BCUT2D eigenvalue weighted by atomic mass is 9.82. The molecule has 4 aliphatic rings. The molecule has 1 aromatic rings. The molecule has 1 aliphatic heterocycles. The summed E-state index contributed by atoms with van der Waals surface area (Å²) in [4.78, 5) is 77.9. The van der Waals surface area contributed by atoms with Crippen LogP contribution in [0.15, 0.2) is 12.4 Å². The average molecular weight is 726 g/mol. The Labute approximate surface area is 307 Å². The number of carbonyl (C=O) groups excluding carboxylic acids is 5. The Balaban J connectivity index is 1.33. The number of aliphatic hydroxyl groups is 1. The molecule has 52 heavy (non-hydrogen) atoms. The van der Waals surface area contributed by atoms with Crippen LogP contribution < -0.4 is 21.3 Å². The van der Waals surface area contributed by atoms with Gasteiger partial charge in [0.2, 0.25) is 17.7 Å². The van der Waals surface area contributed by atoms with Crippen LogP contribution in [0.1, 0.15) is 121 Å². The monoisotopic (exact) mass is 725 g/mol. The number of ether oxygens (including phenoxy) is 1. The summed E-state index contributed by atoms with van der Waals surface area (Å²) in [5.74, 6) is -1.85. The number of carbonyl (C=O) groups is 5. The van der Waals surface area contributed by atoms with Crippen molar-refractivity contribution < 1.29 is 33.8 Å². The Kier molecular flexibility index (Phi) is 13.3. The smallest absolute Gasteiger partial charge is 0.358 e. The first-order valence-corrected chi connectivity index (χ1v) is 19.3. The van der Waals surface area contributed by atoms with Crippen LogP contribution in [0.3, 0.4) is 0 Å². The van der Waals surface area contributed by atoms with Crippen molar-refractivity contribution in [2.75, 3.05) is 13.7 Å². The van der Waals surface area contributed by atoms with Crippen LogP contribution in [-0.4, -0.2) is 99.5 Å². The van der Waals surface area contributed by atoms with E-state index in [2.05, 4.69) is 31.2 Å². The molecule has 3 aliphatic carbocycles. The van der Waals surface area contributed by atoms with Crippen LogP contribution in [-0.2, 0) is 30.5 Å². The van der Waals surface area contributed by atoms with Crippen molar-refractivity contribution in [1.82, 2.24) is 36.1 Å². The summed E-state index contributed by atoms with van der Waals surface area (Å²) in [6.07, 6.45) is 11.8. The zero-order valence-corrected chi connectivity index (χ0v) is 31.5. The van der Waals surface area contributed by atoms with Crippen LogP contribution in [0.25, 0.3) is 0 Å². The SMILES string of the molecule is CCC[C@H](NC(=O)[C@@H]1C2CCC[C@H]2CN1C(=O)[C@@H](NC(=O)[C@@H](NCc1cnc(C(=O)OC)cn1)C1CCCCC1)C(C)(C)C)C(O)C(=O)NC1CC1. The highest BCUT2D eigenvalue weighted by Crippen LogP contribution is 2.43. The van der Waals surface area contributed by atoms with Crippen molar-refractivity contribution in [1.29, 1.82) is 0 Å². The number of aliphatic hydroxyl groups excluding tert-OH is 1.